The lowest BCUT2D eigenvalue weighted by Crippen LogP contribution is -2.40. The standard InChI is InChI=1S/C15H25NO2S/c1-11-10-12(14(2,3)4)8-9-13(11)19(17,18)16-15(5,6)7/h8-10,16H,1-7H3. The van der Waals surface area contributed by atoms with E-state index in [9.17, 15) is 8.42 Å². The van der Waals surface area contributed by atoms with Crippen LogP contribution >= 0.6 is 0 Å². The molecule has 0 unspecified atom stereocenters. The Hall–Kier alpha value is -0.870. The summed E-state index contributed by atoms with van der Waals surface area (Å²) in [6.07, 6.45) is 0. The Morgan fingerprint density at radius 2 is 1.53 bits per heavy atom. The van der Waals surface area contributed by atoms with E-state index in [1.165, 1.54) is 0 Å². The third kappa shape index (κ3) is 4.32. The van der Waals surface area contributed by atoms with Crippen molar-refractivity contribution in [2.24, 2.45) is 0 Å². The van der Waals surface area contributed by atoms with E-state index in [-0.39, 0.29) is 5.41 Å². The van der Waals surface area contributed by atoms with Gasteiger partial charge in [0.25, 0.3) is 0 Å². The van der Waals surface area contributed by atoms with Crippen molar-refractivity contribution in [2.45, 2.75) is 64.3 Å². The van der Waals surface area contributed by atoms with Crippen LogP contribution in [0.25, 0.3) is 0 Å². The summed E-state index contributed by atoms with van der Waals surface area (Å²) in [5.74, 6) is 0. The van der Waals surface area contributed by atoms with Gasteiger partial charge in [-0.15, -0.1) is 0 Å². The molecule has 0 bridgehead atoms. The Bertz CT molecular complexity index is 561. The Labute approximate surface area is 117 Å². The van der Waals surface area contributed by atoms with Crippen LogP contribution in [0.1, 0.15) is 52.7 Å². The van der Waals surface area contributed by atoms with Crippen molar-refractivity contribution in [3.8, 4) is 0 Å². The highest BCUT2D eigenvalue weighted by molar-refractivity contribution is 7.89. The van der Waals surface area contributed by atoms with Gasteiger partial charge in [-0.3, -0.25) is 0 Å². The van der Waals surface area contributed by atoms with Crippen molar-refractivity contribution in [3.05, 3.63) is 29.3 Å². The van der Waals surface area contributed by atoms with Crippen molar-refractivity contribution < 1.29 is 8.42 Å². The molecule has 0 aliphatic heterocycles. The lowest BCUT2D eigenvalue weighted by molar-refractivity contribution is 0.491. The molecule has 1 aromatic carbocycles. The van der Waals surface area contributed by atoms with Crippen LogP contribution in [0.5, 0.6) is 0 Å². The molecule has 0 spiro atoms. The van der Waals surface area contributed by atoms with E-state index >= 15 is 0 Å². The maximum atomic E-state index is 12.3. The lowest BCUT2D eigenvalue weighted by atomic mass is 9.86. The number of aryl methyl sites for hydroxylation is 1. The molecule has 0 aliphatic carbocycles. The third-order valence-electron chi connectivity index (χ3n) is 2.77. The Balaban J connectivity index is 3.24. The second-order valence-corrected chi connectivity index (χ2v) is 8.74. The van der Waals surface area contributed by atoms with Gasteiger partial charge in [0.1, 0.15) is 0 Å². The highest BCUT2D eigenvalue weighted by Gasteiger charge is 2.24. The summed E-state index contributed by atoms with van der Waals surface area (Å²) >= 11 is 0. The van der Waals surface area contributed by atoms with Crippen LogP contribution in [0.15, 0.2) is 23.1 Å². The van der Waals surface area contributed by atoms with Crippen molar-refractivity contribution in [1.29, 1.82) is 0 Å². The summed E-state index contributed by atoms with van der Waals surface area (Å²) in [5, 5.41) is 0. The zero-order valence-corrected chi connectivity index (χ0v) is 13.8. The Morgan fingerprint density at radius 1 is 1.00 bits per heavy atom. The average molecular weight is 283 g/mol. The summed E-state index contributed by atoms with van der Waals surface area (Å²) in [6, 6.07) is 5.55. The minimum absolute atomic E-state index is 0.0184. The van der Waals surface area contributed by atoms with Crippen LogP contribution in [-0.4, -0.2) is 14.0 Å². The van der Waals surface area contributed by atoms with Crippen LogP contribution in [0.3, 0.4) is 0 Å². The first-order valence-electron chi connectivity index (χ1n) is 6.48. The van der Waals surface area contributed by atoms with Crippen molar-refractivity contribution in [2.75, 3.05) is 0 Å². The van der Waals surface area contributed by atoms with Gasteiger partial charge < -0.3 is 0 Å². The smallest absolute Gasteiger partial charge is 0.207 e. The number of sulfonamides is 1. The van der Waals surface area contributed by atoms with Crippen LogP contribution in [0, 0.1) is 6.92 Å². The Morgan fingerprint density at radius 3 is 1.89 bits per heavy atom. The number of hydrogen-bond acceptors (Lipinski definition) is 2. The summed E-state index contributed by atoms with van der Waals surface area (Å²) in [7, 11) is -3.46. The molecule has 0 saturated heterocycles. The maximum Gasteiger partial charge on any atom is 0.241 e. The fourth-order valence-electron chi connectivity index (χ4n) is 1.88. The van der Waals surface area contributed by atoms with E-state index in [4.69, 9.17) is 0 Å². The molecule has 0 heterocycles. The molecule has 1 aromatic rings. The second kappa shape index (κ2) is 4.91. The molecule has 19 heavy (non-hydrogen) atoms. The van der Waals surface area contributed by atoms with Gasteiger partial charge in [-0.25, -0.2) is 13.1 Å². The molecule has 0 aromatic heterocycles. The van der Waals surface area contributed by atoms with E-state index in [1.807, 2.05) is 39.8 Å². The van der Waals surface area contributed by atoms with Gasteiger partial charge in [0.2, 0.25) is 10.0 Å². The maximum absolute atomic E-state index is 12.3. The summed E-state index contributed by atoms with van der Waals surface area (Å²) in [4.78, 5) is 0.357. The van der Waals surface area contributed by atoms with E-state index in [0.29, 0.717) is 4.90 Å². The largest absolute Gasteiger partial charge is 0.241 e. The van der Waals surface area contributed by atoms with E-state index in [1.54, 1.807) is 6.07 Å². The fourth-order valence-corrected chi connectivity index (χ4v) is 3.52. The van der Waals surface area contributed by atoms with Gasteiger partial charge >= 0.3 is 0 Å². The highest BCUT2D eigenvalue weighted by atomic mass is 32.2. The highest BCUT2D eigenvalue weighted by Crippen LogP contribution is 2.26. The van der Waals surface area contributed by atoms with Crippen molar-refractivity contribution in [3.63, 3.8) is 0 Å². The van der Waals surface area contributed by atoms with E-state index in [0.717, 1.165) is 11.1 Å². The number of nitrogens with one attached hydrogen (secondary N) is 1. The summed E-state index contributed by atoms with van der Waals surface area (Å²) in [5.41, 5.74) is 1.46. The van der Waals surface area contributed by atoms with Gasteiger partial charge in [-0.2, -0.15) is 0 Å². The zero-order valence-electron chi connectivity index (χ0n) is 13.0. The topological polar surface area (TPSA) is 46.2 Å². The van der Waals surface area contributed by atoms with Gasteiger partial charge in [0.15, 0.2) is 0 Å². The number of benzene rings is 1. The molecule has 1 rings (SSSR count). The summed E-state index contributed by atoms with van der Waals surface area (Å²) in [6.45, 7) is 13.7. The first kappa shape index (κ1) is 16.2. The predicted octanol–water partition coefficient (Wildman–Crippen LogP) is 3.37. The fraction of sp³-hybridized carbons (Fsp3) is 0.600. The quantitative estimate of drug-likeness (QED) is 0.904. The molecule has 0 saturated carbocycles. The molecule has 1 N–H and O–H groups in total. The van der Waals surface area contributed by atoms with Crippen LogP contribution < -0.4 is 4.72 Å². The summed E-state index contributed by atoms with van der Waals surface area (Å²) < 4.78 is 27.3. The van der Waals surface area contributed by atoms with Gasteiger partial charge in [-0.05, 0) is 50.3 Å². The second-order valence-electron chi connectivity index (χ2n) is 7.09. The van der Waals surface area contributed by atoms with Crippen LogP contribution in [0.4, 0.5) is 0 Å². The number of rotatable bonds is 2. The molecular weight excluding hydrogens is 258 g/mol. The minimum atomic E-state index is -3.46. The van der Waals surface area contributed by atoms with Gasteiger partial charge in [0.05, 0.1) is 4.90 Å². The first-order chi connectivity index (χ1) is 8.33. The average Bonchev–Trinajstić information content (AvgIpc) is 2.11. The monoisotopic (exact) mass is 283 g/mol. The molecular formula is C15H25NO2S. The minimum Gasteiger partial charge on any atom is -0.207 e. The lowest BCUT2D eigenvalue weighted by Gasteiger charge is -2.23. The molecule has 0 fully saturated rings. The molecule has 0 amide bonds. The van der Waals surface area contributed by atoms with Gasteiger partial charge in [0, 0.05) is 5.54 Å². The first-order valence-corrected chi connectivity index (χ1v) is 7.96. The predicted molar refractivity (Wildman–Crippen MR) is 80.0 cm³/mol. The molecule has 0 radical (unpaired) electrons. The van der Waals surface area contributed by atoms with Crippen LogP contribution in [0.2, 0.25) is 0 Å². The van der Waals surface area contributed by atoms with E-state index < -0.39 is 15.6 Å². The molecule has 0 aliphatic rings. The normalized spacial score (nSPS) is 13.6. The Kier molecular flexibility index (Phi) is 4.18. The number of hydrogen-bond donors (Lipinski definition) is 1. The third-order valence-corrected chi connectivity index (χ3v) is 4.69. The molecule has 0 atom stereocenters. The van der Waals surface area contributed by atoms with E-state index in [2.05, 4.69) is 25.5 Å². The zero-order chi connectivity index (χ0) is 15.1. The molecule has 4 heteroatoms. The SMILES string of the molecule is Cc1cc(C(C)(C)C)ccc1S(=O)(=O)NC(C)(C)C. The van der Waals surface area contributed by atoms with Crippen molar-refractivity contribution in [1.82, 2.24) is 4.72 Å². The van der Waals surface area contributed by atoms with Gasteiger partial charge in [-0.1, -0.05) is 32.9 Å². The van der Waals surface area contributed by atoms with Crippen LogP contribution in [-0.2, 0) is 15.4 Å². The van der Waals surface area contributed by atoms with Crippen molar-refractivity contribution >= 4 is 10.0 Å². The molecule has 3 nitrogen and oxygen atoms in total. The molecule has 108 valence electrons.